The Kier molecular flexibility index (Phi) is 3.55. The molecule has 19 heavy (non-hydrogen) atoms. The van der Waals surface area contributed by atoms with Crippen LogP contribution in [0.3, 0.4) is 0 Å². The number of imidazole rings is 1. The summed E-state index contributed by atoms with van der Waals surface area (Å²) in [6.07, 6.45) is 2.74. The van der Waals surface area contributed by atoms with Gasteiger partial charge in [-0.15, -0.1) is 0 Å². The maximum Gasteiger partial charge on any atom is 0.273 e. The van der Waals surface area contributed by atoms with E-state index < -0.39 is 0 Å². The summed E-state index contributed by atoms with van der Waals surface area (Å²) in [6.45, 7) is 6.01. The molecule has 0 saturated carbocycles. The van der Waals surface area contributed by atoms with E-state index in [0.717, 1.165) is 0 Å². The maximum absolute atomic E-state index is 11.9. The van der Waals surface area contributed by atoms with Crippen LogP contribution in [0, 0.1) is 5.92 Å². The number of aromatic nitrogens is 3. The van der Waals surface area contributed by atoms with Gasteiger partial charge in [-0.25, -0.2) is 9.97 Å². The Balaban J connectivity index is 2.13. The van der Waals surface area contributed by atoms with E-state index in [1.807, 2.05) is 20.8 Å². The van der Waals surface area contributed by atoms with Crippen molar-refractivity contribution < 1.29 is 9.21 Å². The smallest absolute Gasteiger partial charge is 0.273 e. The summed E-state index contributed by atoms with van der Waals surface area (Å²) in [5, 5.41) is 2.85. The van der Waals surface area contributed by atoms with Crippen molar-refractivity contribution in [2.24, 2.45) is 5.92 Å². The van der Waals surface area contributed by atoms with Crippen LogP contribution in [0.1, 0.15) is 31.3 Å². The fraction of sp³-hybridized carbons (Fsp3) is 0.417. The fourth-order valence-corrected chi connectivity index (χ4v) is 1.42. The van der Waals surface area contributed by atoms with Crippen LogP contribution in [0.25, 0.3) is 11.6 Å². The number of nitrogens with one attached hydrogen (secondary N) is 2. The number of carbonyl (C=O) groups is 1. The van der Waals surface area contributed by atoms with Gasteiger partial charge in [0.25, 0.3) is 5.91 Å². The lowest BCUT2D eigenvalue weighted by Crippen LogP contribution is -2.36. The van der Waals surface area contributed by atoms with Gasteiger partial charge in [0.15, 0.2) is 11.5 Å². The van der Waals surface area contributed by atoms with Crippen molar-refractivity contribution in [2.75, 3.05) is 5.73 Å². The number of hydrogen-bond donors (Lipinski definition) is 3. The Labute approximate surface area is 110 Å². The Morgan fingerprint density at radius 2 is 2.21 bits per heavy atom. The van der Waals surface area contributed by atoms with Crippen LogP contribution in [0.2, 0.25) is 0 Å². The number of nitrogen functional groups attached to an aromatic ring is 1. The zero-order valence-electron chi connectivity index (χ0n) is 11.1. The SMILES string of the molecule is CC(C)C(C)NC(=O)c1coc(-c2[nH]cnc2N)n1. The lowest BCUT2D eigenvalue weighted by molar-refractivity contribution is 0.0925. The normalized spacial score (nSPS) is 12.6. The minimum atomic E-state index is -0.269. The molecule has 0 spiro atoms. The maximum atomic E-state index is 11.9. The number of H-pyrrole nitrogens is 1. The number of nitrogens with two attached hydrogens (primary N) is 1. The molecule has 7 heteroatoms. The molecule has 1 atom stereocenters. The molecule has 0 aliphatic rings. The minimum absolute atomic E-state index is 0.0601. The van der Waals surface area contributed by atoms with E-state index in [-0.39, 0.29) is 29.4 Å². The first-order valence-corrected chi connectivity index (χ1v) is 6.04. The van der Waals surface area contributed by atoms with Crippen molar-refractivity contribution in [1.82, 2.24) is 20.3 Å². The lowest BCUT2D eigenvalue weighted by Gasteiger charge is -2.16. The summed E-state index contributed by atoms with van der Waals surface area (Å²) in [5.74, 6) is 0.606. The summed E-state index contributed by atoms with van der Waals surface area (Å²) in [6, 6.07) is 0.0601. The predicted molar refractivity (Wildman–Crippen MR) is 70.3 cm³/mol. The molecule has 1 amide bonds. The van der Waals surface area contributed by atoms with Gasteiger partial charge in [-0.3, -0.25) is 4.79 Å². The second kappa shape index (κ2) is 5.13. The number of nitrogens with zero attached hydrogens (tertiary/aromatic N) is 2. The summed E-state index contributed by atoms with van der Waals surface area (Å²) in [5.41, 5.74) is 6.32. The minimum Gasteiger partial charge on any atom is -0.442 e. The van der Waals surface area contributed by atoms with Crippen LogP contribution in [0.5, 0.6) is 0 Å². The van der Waals surface area contributed by atoms with Crippen molar-refractivity contribution in [1.29, 1.82) is 0 Å². The molecular weight excluding hydrogens is 246 g/mol. The molecule has 0 aliphatic carbocycles. The molecule has 102 valence electrons. The molecular formula is C12H17N5O2. The van der Waals surface area contributed by atoms with Gasteiger partial charge in [0.2, 0.25) is 5.89 Å². The second-order valence-corrected chi connectivity index (χ2v) is 4.71. The standard InChI is InChI=1S/C12H17N5O2/c1-6(2)7(3)16-11(18)8-4-19-12(17-8)9-10(13)15-5-14-9/h4-7H,13H2,1-3H3,(H,14,15)(H,16,18). The molecule has 0 saturated heterocycles. The van der Waals surface area contributed by atoms with E-state index in [2.05, 4.69) is 20.3 Å². The predicted octanol–water partition coefficient (Wildman–Crippen LogP) is 1.42. The first kappa shape index (κ1) is 13.1. The Morgan fingerprint density at radius 1 is 1.47 bits per heavy atom. The largest absolute Gasteiger partial charge is 0.442 e. The number of oxazole rings is 1. The van der Waals surface area contributed by atoms with Crippen molar-refractivity contribution in [3.8, 4) is 11.6 Å². The molecule has 7 nitrogen and oxygen atoms in total. The molecule has 4 N–H and O–H groups in total. The van der Waals surface area contributed by atoms with Gasteiger partial charge in [-0.2, -0.15) is 0 Å². The zero-order chi connectivity index (χ0) is 14.0. The van der Waals surface area contributed by atoms with Gasteiger partial charge in [0, 0.05) is 6.04 Å². The molecule has 0 aromatic carbocycles. The van der Waals surface area contributed by atoms with E-state index in [9.17, 15) is 4.79 Å². The molecule has 2 rings (SSSR count). The highest BCUT2D eigenvalue weighted by molar-refractivity contribution is 5.92. The summed E-state index contributed by atoms with van der Waals surface area (Å²) in [7, 11) is 0. The first-order valence-electron chi connectivity index (χ1n) is 6.04. The summed E-state index contributed by atoms with van der Waals surface area (Å²) in [4.78, 5) is 22.7. The zero-order valence-corrected chi connectivity index (χ0v) is 11.1. The van der Waals surface area contributed by atoms with E-state index in [1.54, 1.807) is 0 Å². The van der Waals surface area contributed by atoms with E-state index in [4.69, 9.17) is 10.2 Å². The summed E-state index contributed by atoms with van der Waals surface area (Å²) < 4.78 is 5.23. The molecule has 0 aliphatic heterocycles. The first-order chi connectivity index (χ1) is 8.99. The van der Waals surface area contributed by atoms with Crippen molar-refractivity contribution >= 4 is 11.7 Å². The molecule has 0 radical (unpaired) electrons. The highest BCUT2D eigenvalue weighted by Gasteiger charge is 2.18. The molecule has 1 unspecified atom stereocenters. The number of anilines is 1. The molecule has 0 fully saturated rings. The number of amides is 1. The monoisotopic (exact) mass is 263 g/mol. The van der Waals surface area contributed by atoms with Crippen molar-refractivity contribution in [3.63, 3.8) is 0 Å². The molecule has 2 heterocycles. The lowest BCUT2D eigenvalue weighted by atomic mass is 10.1. The number of aromatic amines is 1. The molecule has 0 bridgehead atoms. The Morgan fingerprint density at radius 3 is 2.79 bits per heavy atom. The van der Waals surface area contributed by atoms with Crippen LogP contribution in [0.4, 0.5) is 5.82 Å². The highest BCUT2D eigenvalue weighted by atomic mass is 16.3. The van der Waals surface area contributed by atoms with Crippen LogP contribution >= 0.6 is 0 Å². The highest BCUT2D eigenvalue weighted by Crippen LogP contribution is 2.20. The Bertz CT molecular complexity index is 572. The molecule has 2 aromatic rings. The average molecular weight is 263 g/mol. The van der Waals surface area contributed by atoms with Crippen LogP contribution in [-0.4, -0.2) is 26.9 Å². The Hall–Kier alpha value is -2.31. The molecule has 2 aromatic heterocycles. The van der Waals surface area contributed by atoms with Gasteiger partial charge in [-0.1, -0.05) is 13.8 Å². The number of rotatable bonds is 4. The third kappa shape index (κ3) is 2.75. The van der Waals surface area contributed by atoms with Gasteiger partial charge in [0.05, 0.1) is 6.33 Å². The van der Waals surface area contributed by atoms with E-state index in [1.165, 1.54) is 12.6 Å². The average Bonchev–Trinajstić information content (AvgIpc) is 2.96. The van der Waals surface area contributed by atoms with Crippen LogP contribution in [0.15, 0.2) is 17.0 Å². The third-order valence-electron chi connectivity index (χ3n) is 2.98. The third-order valence-corrected chi connectivity index (χ3v) is 2.98. The van der Waals surface area contributed by atoms with Crippen LogP contribution in [-0.2, 0) is 0 Å². The number of hydrogen-bond acceptors (Lipinski definition) is 5. The quantitative estimate of drug-likeness (QED) is 0.772. The van der Waals surface area contributed by atoms with Crippen molar-refractivity contribution in [2.45, 2.75) is 26.8 Å². The van der Waals surface area contributed by atoms with E-state index >= 15 is 0 Å². The number of carbonyl (C=O) groups excluding carboxylic acids is 1. The fourth-order valence-electron chi connectivity index (χ4n) is 1.42. The van der Waals surface area contributed by atoms with Crippen molar-refractivity contribution in [3.05, 3.63) is 18.3 Å². The summed E-state index contributed by atoms with van der Waals surface area (Å²) >= 11 is 0. The van der Waals surface area contributed by atoms with Gasteiger partial charge < -0.3 is 20.5 Å². The van der Waals surface area contributed by atoms with Gasteiger partial charge in [-0.05, 0) is 12.8 Å². The topological polar surface area (TPSA) is 110 Å². The second-order valence-electron chi connectivity index (χ2n) is 4.71. The van der Waals surface area contributed by atoms with Gasteiger partial charge >= 0.3 is 0 Å². The van der Waals surface area contributed by atoms with Gasteiger partial charge in [0.1, 0.15) is 12.0 Å². The van der Waals surface area contributed by atoms with Crippen LogP contribution < -0.4 is 11.1 Å². The van der Waals surface area contributed by atoms with E-state index in [0.29, 0.717) is 11.6 Å².